The molecule has 1 aliphatic carbocycles. The van der Waals surface area contributed by atoms with E-state index in [1.807, 2.05) is 24.5 Å². The molecule has 7 heteroatoms. The van der Waals surface area contributed by atoms with Crippen LogP contribution in [0, 0.1) is 0 Å². The first-order valence-electron chi connectivity index (χ1n) is 10.3. The lowest BCUT2D eigenvalue weighted by Gasteiger charge is -2.35. The molecule has 1 saturated carbocycles. The van der Waals surface area contributed by atoms with E-state index < -0.39 is 0 Å². The third kappa shape index (κ3) is 3.71. The molecule has 0 amide bonds. The van der Waals surface area contributed by atoms with Crippen molar-refractivity contribution >= 4 is 17.6 Å². The lowest BCUT2D eigenvalue weighted by atomic mass is 10.0. The highest BCUT2D eigenvalue weighted by molar-refractivity contribution is 6.01. The van der Waals surface area contributed by atoms with Crippen molar-refractivity contribution in [3.8, 4) is 6.01 Å². The van der Waals surface area contributed by atoms with Gasteiger partial charge in [-0.2, -0.15) is 5.10 Å². The SMILES string of the molecule is C1=CC2=NN=CCN2C=C1c1cnc(OC2CCN(C3CCCC3)CC2)nc1. The van der Waals surface area contributed by atoms with Gasteiger partial charge in [0.1, 0.15) is 6.10 Å². The molecule has 7 nitrogen and oxygen atoms in total. The summed E-state index contributed by atoms with van der Waals surface area (Å²) in [6.07, 6.45) is 19.4. The number of amidine groups is 1. The molecule has 1 saturated heterocycles. The summed E-state index contributed by atoms with van der Waals surface area (Å²) in [5, 5.41) is 8.06. The fraction of sp³-hybridized carbons (Fsp3) is 0.524. The minimum atomic E-state index is 0.226. The van der Waals surface area contributed by atoms with Crippen molar-refractivity contribution in [2.45, 2.75) is 50.7 Å². The molecule has 1 aromatic rings. The van der Waals surface area contributed by atoms with Crippen LogP contribution in [0.1, 0.15) is 44.1 Å². The Labute approximate surface area is 165 Å². The van der Waals surface area contributed by atoms with E-state index in [2.05, 4.69) is 36.2 Å². The first-order chi connectivity index (χ1) is 13.8. The number of ether oxygens (including phenoxy) is 1. The third-order valence-electron chi connectivity index (χ3n) is 6.07. The molecule has 5 rings (SSSR count). The molecule has 2 fully saturated rings. The van der Waals surface area contributed by atoms with Crippen LogP contribution in [-0.4, -0.2) is 63.6 Å². The van der Waals surface area contributed by atoms with E-state index in [0.717, 1.165) is 55.5 Å². The van der Waals surface area contributed by atoms with Crippen LogP contribution in [0.25, 0.3) is 5.57 Å². The first kappa shape index (κ1) is 17.6. The molecular formula is C21H26N6O. The van der Waals surface area contributed by atoms with Crippen molar-refractivity contribution in [2.75, 3.05) is 19.6 Å². The Balaban J connectivity index is 1.17. The Hall–Kier alpha value is -2.54. The van der Waals surface area contributed by atoms with E-state index in [1.54, 1.807) is 6.21 Å². The number of piperidine rings is 1. The van der Waals surface area contributed by atoms with Crippen molar-refractivity contribution in [2.24, 2.45) is 10.2 Å². The van der Waals surface area contributed by atoms with Gasteiger partial charge in [0.15, 0.2) is 5.84 Å². The number of aromatic nitrogens is 2. The molecule has 146 valence electrons. The smallest absolute Gasteiger partial charge is 0.316 e. The van der Waals surface area contributed by atoms with Crippen molar-refractivity contribution < 1.29 is 4.74 Å². The molecule has 3 aliphatic heterocycles. The van der Waals surface area contributed by atoms with E-state index in [4.69, 9.17) is 4.74 Å². The predicted octanol–water partition coefficient (Wildman–Crippen LogP) is 2.87. The van der Waals surface area contributed by atoms with Crippen LogP contribution in [-0.2, 0) is 0 Å². The highest BCUT2D eigenvalue weighted by atomic mass is 16.5. The molecule has 0 bridgehead atoms. The lowest BCUT2D eigenvalue weighted by Crippen LogP contribution is -2.43. The van der Waals surface area contributed by atoms with Crippen molar-refractivity contribution in [3.63, 3.8) is 0 Å². The average molecular weight is 378 g/mol. The Morgan fingerprint density at radius 1 is 0.964 bits per heavy atom. The highest BCUT2D eigenvalue weighted by Crippen LogP contribution is 2.27. The quantitative estimate of drug-likeness (QED) is 0.806. The second-order valence-electron chi connectivity index (χ2n) is 7.87. The Morgan fingerprint density at radius 3 is 2.54 bits per heavy atom. The van der Waals surface area contributed by atoms with Gasteiger partial charge in [-0.1, -0.05) is 12.8 Å². The molecule has 4 heterocycles. The highest BCUT2D eigenvalue weighted by Gasteiger charge is 2.28. The number of hydrogen-bond donors (Lipinski definition) is 0. The second kappa shape index (κ2) is 7.83. The first-order valence-corrected chi connectivity index (χ1v) is 10.3. The molecule has 0 unspecified atom stereocenters. The number of rotatable bonds is 4. The van der Waals surface area contributed by atoms with E-state index in [1.165, 1.54) is 25.7 Å². The Kier molecular flexibility index (Phi) is 4.91. The summed E-state index contributed by atoms with van der Waals surface area (Å²) in [5.41, 5.74) is 2.03. The van der Waals surface area contributed by atoms with Gasteiger partial charge in [-0.3, -0.25) is 0 Å². The van der Waals surface area contributed by atoms with Crippen LogP contribution >= 0.6 is 0 Å². The monoisotopic (exact) mass is 378 g/mol. The number of fused-ring (bicyclic) bond motifs is 1. The van der Waals surface area contributed by atoms with Gasteiger partial charge in [0.25, 0.3) is 0 Å². The van der Waals surface area contributed by atoms with E-state index in [9.17, 15) is 0 Å². The van der Waals surface area contributed by atoms with Gasteiger partial charge < -0.3 is 14.5 Å². The van der Waals surface area contributed by atoms with Gasteiger partial charge in [-0.15, -0.1) is 5.10 Å². The fourth-order valence-electron chi connectivity index (χ4n) is 4.47. The summed E-state index contributed by atoms with van der Waals surface area (Å²) in [6, 6.07) is 1.29. The second-order valence-corrected chi connectivity index (χ2v) is 7.87. The standard InChI is InChI=1S/C21H26N6O/c1-2-4-18(3-1)26-10-7-19(8-11-26)28-21-22-13-17(14-23-21)16-5-6-20-25-24-9-12-27(20)15-16/h5-6,9,13-15,18-19H,1-4,7-8,10-12H2. The molecule has 1 aromatic heterocycles. The summed E-state index contributed by atoms with van der Waals surface area (Å²) < 4.78 is 6.06. The van der Waals surface area contributed by atoms with Crippen molar-refractivity contribution in [1.82, 2.24) is 19.8 Å². The van der Waals surface area contributed by atoms with Crippen LogP contribution in [0.15, 0.2) is 40.9 Å². The van der Waals surface area contributed by atoms with Crippen LogP contribution in [0.5, 0.6) is 6.01 Å². The molecule has 0 radical (unpaired) electrons. The number of likely N-dealkylation sites (tertiary alicyclic amines) is 1. The van der Waals surface area contributed by atoms with Crippen LogP contribution < -0.4 is 4.74 Å². The summed E-state index contributed by atoms with van der Waals surface area (Å²) in [7, 11) is 0. The van der Waals surface area contributed by atoms with Gasteiger partial charge in [0.2, 0.25) is 0 Å². The van der Waals surface area contributed by atoms with E-state index in [0.29, 0.717) is 6.01 Å². The Bertz CT molecular complexity index is 814. The number of hydrogen-bond acceptors (Lipinski definition) is 7. The fourth-order valence-corrected chi connectivity index (χ4v) is 4.47. The summed E-state index contributed by atoms with van der Waals surface area (Å²) in [4.78, 5) is 13.6. The maximum absolute atomic E-state index is 6.06. The van der Waals surface area contributed by atoms with Gasteiger partial charge in [-0.05, 0) is 37.8 Å². The molecular weight excluding hydrogens is 352 g/mol. The average Bonchev–Trinajstić information content (AvgIpc) is 3.29. The Morgan fingerprint density at radius 2 is 1.75 bits per heavy atom. The predicted molar refractivity (Wildman–Crippen MR) is 109 cm³/mol. The summed E-state index contributed by atoms with van der Waals surface area (Å²) in [6.45, 7) is 3.00. The molecule has 28 heavy (non-hydrogen) atoms. The van der Waals surface area contributed by atoms with Gasteiger partial charge >= 0.3 is 6.01 Å². The third-order valence-corrected chi connectivity index (χ3v) is 6.07. The van der Waals surface area contributed by atoms with Crippen LogP contribution in [0.4, 0.5) is 0 Å². The zero-order chi connectivity index (χ0) is 18.8. The molecule has 0 atom stereocenters. The van der Waals surface area contributed by atoms with Crippen LogP contribution in [0.3, 0.4) is 0 Å². The minimum Gasteiger partial charge on any atom is -0.460 e. The van der Waals surface area contributed by atoms with Crippen molar-refractivity contribution in [1.29, 1.82) is 0 Å². The number of allylic oxidation sites excluding steroid dienone is 2. The van der Waals surface area contributed by atoms with Gasteiger partial charge in [0, 0.05) is 55.1 Å². The van der Waals surface area contributed by atoms with E-state index in [-0.39, 0.29) is 6.10 Å². The maximum atomic E-state index is 6.06. The summed E-state index contributed by atoms with van der Waals surface area (Å²) >= 11 is 0. The lowest BCUT2D eigenvalue weighted by molar-refractivity contribution is 0.0709. The maximum Gasteiger partial charge on any atom is 0.316 e. The molecule has 0 N–H and O–H groups in total. The number of nitrogens with zero attached hydrogens (tertiary/aromatic N) is 6. The summed E-state index contributed by atoms with van der Waals surface area (Å²) in [5.74, 6) is 0.857. The molecule has 0 spiro atoms. The normalized spacial score (nSPS) is 23.5. The van der Waals surface area contributed by atoms with Crippen LogP contribution in [0.2, 0.25) is 0 Å². The van der Waals surface area contributed by atoms with Gasteiger partial charge in [-0.25, -0.2) is 9.97 Å². The van der Waals surface area contributed by atoms with Gasteiger partial charge in [0.05, 0.1) is 6.54 Å². The zero-order valence-electron chi connectivity index (χ0n) is 16.1. The molecule has 0 aromatic carbocycles. The zero-order valence-corrected chi connectivity index (χ0v) is 16.1. The van der Waals surface area contributed by atoms with E-state index >= 15 is 0 Å². The largest absolute Gasteiger partial charge is 0.460 e. The topological polar surface area (TPSA) is 66.2 Å². The van der Waals surface area contributed by atoms with Crippen molar-refractivity contribution in [3.05, 3.63) is 36.3 Å². The minimum absolute atomic E-state index is 0.226. The molecule has 4 aliphatic rings.